The number of anilines is 2. The number of ether oxygens (including phenoxy) is 1. The van der Waals surface area contributed by atoms with E-state index in [1.54, 1.807) is 50.2 Å². The molecule has 0 aliphatic carbocycles. The highest BCUT2D eigenvalue weighted by atomic mass is 32.2. The number of aryl methyl sites for hydroxylation is 2. The average molecular weight is 695 g/mol. The summed E-state index contributed by atoms with van der Waals surface area (Å²) in [5, 5.41) is 7.14. The zero-order chi connectivity index (χ0) is 33.9. The van der Waals surface area contributed by atoms with Crippen molar-refractivity contribution in [2.75, 3.05) is 22.6 Å². The SMILES string of the molecule is Cc1ccc(COCC(F)(F)F)c(N2C(=O)CS/C2=N\C(=O)Nc2ccc(-c3ncn(-c4ccc(SC(F)(F)F)cc4)n3)cc2C)c1. The maximum atomic E-state index is 13.0. The van der Waals surface area contributed by atoms with Gasteiger partial charge in [-0.2, -0.15) is 31.3 Å². The second kappa shape index (κ2) is 13.8. The molecule has 246 valence electrons. The topological polar surface area (TPSA) is 102 Å². The first-order valence-corrected chi connectivity index (χ1v) is 15.4. The van der Waals surface area contributed by atoms with Gasteiger partial charge in [-0.25, -0.2) is 14.5 Å². The number of nitrogens with one attached hydrogen (secondary N) is 1. The van der Waals surface area contributed by atoms with Crippen molar-refractivity contribution in [2.24, 2.45) is 4.99 Å². The highest BCUT2D eigenvalue weighted by Crippen LogP contribution is 2.37. The van der Waals surface area contributed by atoms with Gasteiger partial charge in [0.2, 0.25) is 5.91 Å². The number of halogens is 6. The maximum Gasteiger partial charge on any atom is 0.446 e. The zero-order valence-corrected chi connectivity index (χ0v) is 26.2. The van der Waals surface area contributed by atoms with Crippen molar-refractivity contribution in [2.45, 2.75) is 37.0 Å². The minimum Gasteiger partial charge on any atom is -0.367 e. The smallest absolute Gasteiger partial charge is 0.367 e. The fourth-order valence-corrected chi connectivity index (χ4v) is 5.85. The van der Waals surface area contributed by atoms with Crippen molar-refractivity contribution in [1.82, 2.24) is 14.8 Å². The Bertz CT molecular complexity index is 1830. The van der Waals surface area contributed by atoms with Crippen molar-refractivity contribution in [3.05, 3.63) is 83.7 Å². The van der Waals surface area contributed by atoms with E-state index in [0.717, 1.165) is 17.3 Å². The van der Waals surface area contributed by atoms with Crippen LogP contribution in [0.15, 0.2) is 76.9 Å². The van der Waals surface area contributed by atoms with Crippen LogP contribution < -0.4 is 10.2 Å². The summed E-state index contributed by atoms with van der Waals surface area (Å²) in [4.78, 5) is 35.4. The molecule has 2 heterocycles. The Kier molecular flexibility index (Phi) is 9.97. The Morgan fingerprint density at radius 2 is 1.79 bits per heavy atom. The molecule has 17 heteroatoms. The summed E-state index contributed by atoms with van der Waals surface area (Å²) in [5.41, 5.74) is -0.883. The van der Waals surface area contributed by atoms with E-state index in [4.69, 9.17) is 4.74 Å². The van der Waals surface area contributed by atoms with Crippen LogP contribution in [0.4, 0.5) is 42.5 Å². The van der Waals surface area contributed by atoms with Crippen LogP contribution in [0.5, 0.6) is 0 Å². The molecule has 1 aromatic heterocycles. The van der Waals surface area contributed by atoms with Gasteiger partial charge in [0.25, 0.3) is 0 Å². The van der Waals surface area contributed by atoms with Gasteiger partial charge in [0.1, 0.15) is 12.9 Å². The number of amides is 3. The summed E-state index contributed by atoms with van der Waals surface area (Å²) in [6.45, 7) is 1.63. The van der Waals surface area contributed by atoms with Gasteiger partial charge in [-0.05, 0) is 85.3 Å². The monoisotopic (exact) mass is 694 g/mol. The summed E-state index contributed by atoms with van der Waals surface area (Å²) >= 11 is 0.805. The average Bonchev–Trinajstić information content (AvgIpc) is 3.61. The second-order valence-corrected chi connectivity index (χ2v) is 12.2. The van der Waals surface area contributed by atoms with Crippen LogP contribution in [-0.4, -0.2) is 55.9 Å². The van der Waals surface area contributed by atoms with Gasteiger partial charge in [0.05, 0.1) is 23.7 Å². The summed E-state index contributed by atoms with van der Waals surface area (Å²) in [5.74, 6) is -0.0788. The van der Waals surface area contributed by atoms with Crippen LogP contribution in [0.25, 0.3) is 17.1 Å². The molecule has 47 heavy (non-hydrogen) atoms. The normalized spacial score (nSPS) is 14.7. The Labute approximate surface area is 272 Å². The van der Waals surface area contributed by atoms with E-state index < -0.39 is 36.8 Å². The highest BCUT2D eigenvalue weighted by Gasteiger charge is 2.33. The lowest BCUT2D eigenvalue weighted by Crippen LogP contribution is -2.31. The van der Waals surface area contributed by atoms with E-state index >= 15 is 0 Å². The van der Waals surface area contributed by atoms with E-state index in [0.29, 0.717) is 33.9 Å². The van der Waals surface area contributed by atoms with Crippen LogP contribution in [0.2, 0.25) is 0 Å². The number of hydrogen-bond donors (Lipinski definition) is 1. The standard InChI is InChI=1S/C30H24F6N6O3S2/c1-17-3-4-20(13-45-15-29(31,32)33)24(11-17)42-25(43)14-46-28(42)39-27(44)38-23-10-5-19(12-18(23)2)26-37-16-41(40-26)21-6-8-22(9-7-21)47-30(34,35)36/h3-12,16H,13-15H2,1-2H3,(H,38,44)/b39-28-. The molecule has 0 spiro atoms. The van der Waals surface area contributed by atoms with Crippen molar-refractivity contribution in [3.8, 4) is 17.1 Å². The number of carbonyl (C=O) groups excluding carboxylic acids is 2. The molecular weight excluding hydrogens is 670 g/mol. The number of urea groups is 1. The molecule has 3 amide bonds. The lowest BCUT2D eigenvalue weighted by molar-refractivity contribution is -0.176. The van der Waals surface area contributed by atoms with E-state index in [-0.39, 0.29) is 33.3 Å². The summed E-state index contributed by atoms with van der Waals surface area (Å²) < 4.78 is 82.0. The van der Waals surface area contributed by atoms with E-state index in [1.165, 1.54) is 40.2 Å². The third kappa shape index (κ3) is 8.93. The van der Waals surface area contributed by atoms with Crippen LogP contribution in [0.1, 0.15) is 16.7 Å². The Hall–Kier alpha value is -4.35. The molecule has 1 saturated heterocycles. The first-order valence-electron chi connectivity index (χ1n) is 13.6. The Morgan fingerprint density at radius 3 is 2.47 bits per heavy atom. The number of alkyl halides is 6. The first-order chi connectivity index (χ1) is 22.1. The van der Waals surface area contributed by atoms with Crippen LogP contribution in [0, 0.1) is 13.8 Å². The molecule has 1 fully saturated rings. The third-order valence-corrected chi connectivity index (χ3v) is 8.18. The number of aliphatic imine (C=N–C) groups is 1. The quantitative estimate of drug-likeness (QED) is 0.148. The fourth-order valence-electron chi connectivity index (χ4n) is 4.46. The fraction of sp³-hybridized carbons (Fsp3) is 0.233. The highest BCUT2D eigenvalue weighted by molar-refractivity contribution is 8.15. The van der Waals surface area contributed by atoms with Crippen molar-refractivity contribution in [1.29, 1.82) is 0 Å². The first kappa shape index (κ1) is 34.0. The molecule has 1 aliphatic rings. The van der Waals surface area contributed by atoms with Gasteiger partial charge in [-0.3, -0.25) is 9.69 Å². The zero-order valence-electron chi connectivity index (χ0n) is 24.5. The number of thioether (sulfide) groups is 2. The molecule has 1 aliphatic heterocycles. The van der Waals surface area contributed by atoms with Gasteiger partial charge in [0, 0.05) is 21.7 Å². The molecule has 0 atom stereocenters. The summed E-state index contributed by atoms with van der Waals surface area (Å²) in [6.07, 6.45) is -3.09. The summed E-state index contributed by atoms with van der Waals surface area (Å²) in [7, 11) is 0. The molecule has 1 N–H and O–H groups in total. The predicted molar refractivity (Wildman–Crippen MR) is 167 cm³/mol. The molecule has 0 bridgehead atoms. The van der Waals surface area contributed by atoms with E-state index in [1.807, 2.05) is 0 Å². The van der Waals surface area contributed by atoms with Crippen LogP contribution in [-0.2, 0) is 16.1 Å². The van der Waals surface area contributed by atoms with Gasteiger partial charge in [0.15, 0.2) is 11.0 Å². The number of rotatable bonds is 8. The van der Waals surface area contributed by atoms with E-state index in [9.17, 15) is 35.9 Å². The van der Waals surface area contributed by atoms with Gasteiger partial charge in [-0.15, -0.1) is 5.10 Å². The van der Waals surface area contributed by atoms with Gasteiger partial charge in [-0.1, -0.05) is 23.9 Å². The van der Waals surface area contributed by atoms with Gasteiger partial charge < -0.3 is 10.1 Å². The molecular formula is C30H24F6N6O3S2. The number of carbonyl (C=O) groups is 2. The van der Waals surface area contributed by atoms with Gasteiger partial charge >= 0.3 is 17.7 Å². The third-order valence-electron chi connectivity index (χ3n) is 6.52. The molecule has 5 rings (SSSR count). The maximum absolute atomic E-state index is 13.0. The molecule has 3 aromatic carbocycles. The van der Waals surface area contributed by atoms with Crippen molar-refractivity contribution in [3.63, 3.8) is 0 Å². The number of amidine groups is 1. The van der Waals surface area contributed by atoms with E-state index in [2.05, 4.69) is 20.4 Å². The predicted octanol–water partition coefficient (Wildman–Crippen LogP) is 7.91. The Balaban J connectivity index is 1.29. The van der Waals surface area contributed by atoms with Crippen LogP contribution in [0.3, 0.4) is 0 Å². The Morgan fingerprint density at radius 1 is 1.04 bits per heavy atom. The number of nitrogens with zero attached hydrogens (tertiary/aromatic N) is 5. The lowest BCUT2D eigenvalue weighted by Gasteiger charge is -2.21. The largest absolute Gasteiger partial charge is 0.446 e. The van der Waals surface area contributed by atoms with Crippen molar-refractivity contribution >= 4 is 52.0 Å². The van der Waals surface area contributed by atoms with Crippen molar-refractivity contribution < 1.29 is 40.7 Å². The summed E-state index contributed by atoms with van der Waals surface area (Å²) in [6, 6.07) is 14.8. The number of hydrogen-bond acceptors (Lipinski definition) is 7. The molecule has 4 aromatic rings. The molecule has 9 nitrogen and oxygen atoms in total. The minimum absolute atomic E-state index is 0.0209. The number of aromatic nitrogens is 3. The lowest BCUT2D eigenvalue weighted by atomic mass is 10.1. The molecule has 0 radical (unpaired) electrons. The molecule has 0 saturated carbocycles. The second-order valence-electron chi connectivity index (χ2n) is 10.2. The molecule has 0 unspecified atom stereocenters. The minimum atomic E-state index is -4.51. The van der Waals surface area contributed by atoms with Crippen LogP contribution >= 0.6 is 23.5 Å². The number of benzene rings is 3.